The van der Waals surface area contributed by atoms with Gasteiger partial charge in [0, 0.05) is 6.42 Å². The molecule has 0 aromatic heterocycles. The summed E-state index contributed by atoms with van der Waals surface area (Å²) in [6.07, 6.45) is -0.369. The van der Waals surface area contributed by atoms with Crippen molar-refractivity contribution in [2.24, 2.45) is 0 Å². The number of hydrogen-bond donors (Lipinski definition) is 1. The molecule has 0 saturated heterocycles. The summed E-state index contributed by atoms with van der Waals surface area (Å²) in [5.41, 5.74) is -0.442. The Bertz CT molecular complexity index is 694. The lowest BCUT2D eigenvalue weighted by Crippen LogP contribution is -2.47. The number of esters is 1. The summed E-state index contributed by atoms with van der Waals surface area (Å²) in [7, 11) is 6.34. The van der Waals surface area contributed by atoms with E-state index in [9.17, 15) is 9.59 Å². The molecule has 0 heterocycles. The van der Waals surface area contributed by atoms with Crippen LogP contribution in [0.1, 0.15) is 47.1 Å². The van der Waals surface area contributed by atoms with Gasteiger partial charge in [0.1, 0.15) is 36.1 Å². The Kier molecular flexibility index (Phi) is 8.72. The average molecular weight is 424 g/mol. The molecule has 1 amide bonds. The second-order valence-corrected chi connectivity index (χ2v) is 10.4. The van der Waals surface area contributed by atoms with Crippen molar-refractivity contribution < 1.29 is 28.3 Å². The highest BCUT2D eigenvalue weighted by Gasteiger charge is 2.29. The van der Waals surface area contributed by atoms with Gasteiger partial charge in [0.05, 0.1) is 21.1 Å². The fraction of sp³-hybridized carbons (Fsp3) is 0.652. The average Bonchev–Trinajstić information content (AvgIpc) is 2.51. The van der Waals surface area contributed by atoms with Crippen molar-refractivity contribution >= 4 is 12.1 Å². The Morgan fingerprint density at radius 1 is 0.933 bits per heavy atom. The first kappa shape index (κ1) is 25.8. The predicted octanol–water partition coefficient (Wildman–Crippen LogP) is 3.55. The number of benzene rings is 1. The van der Waals surface area contributed by atoms with Crippen molar-refractivity contribution in [2.45, 2.75) is 65.2 Å². The minimum Gasteiger partial charge on any atom is -0.488 e. The molecule has 0 saturated carbocycles. The second-order valence-electron chi connectivity index (χ2n) is 10.4. The number of quaternary nitrogens is 1. The molecule has 0 radical (unpaired) electrons. The van der Waals surface area contributed by atoms with Crippen molar-refractivity contribution in [3.8, 4) is 5.75 Å². The van der Waals surface area contributed by atoms with Crippen molar-refractivity contribution in [3.63, 3.8) is 0 Å². The Labute approximate surface area is 181 Å². The monoisotopic (exact) mass is 423 g/mol. The molecule has 0 unspecified atom stereocenters. The summed E-state index contributed by atoms with van der Waals surface area (Å²) in [5.74, 6) is 0.262. The standard InChI is InChI=1S/C23H38N2O5/c1-22(2,3)29-20(26)19(24-21(27)30-23(4,5)6)16-17-10-12-18(13-11-17)28-15-14-25(7,8)9/h10-13,19H,14-16H2,1-9H3/p+1/t19-/m0/s1. The largest absolute Gasteiger partial charge is 0.488 e. The number of carbonyl (C=O) groups excluding carboxylic acids is 2. The van der Waals surface area contributed by atoms with Crippen LogP contribution in [0.15, 0.2) is 24.3 Å². The summed E-state index contributed by atoms with van der Waals surface area (Å²) in [6, 6.07) is 6.64. The molecule has 0 bridgehead atoms. The number of amides is 1. The van der Waals surface area contributed by atoms with E-state index in [0.29, 0.717) is 6.61 Å². The molecule has 0 aliphatic rings. The molecule has 30 heavy (non-hydrogen) atoms. The molecule has 1 atom stereocenters. The van der Waals surface area contributed by atoms with E-state index in [1.54, 1.807) is 41.5 Å². The van der Waals surface area contributed by atoms with Crippen LogP contribution in [0.3, 0.4) is 0 Å². The van der Waals surface area contributed by atoms with Crippen molar-refractivity contribution in [2.75, 3.05) is 34.3 Å². The van der Waals surface area contributed by atoms with Crippen LogP contribution in [0.25, 0.3) is 0 Å². The zero-order valence-electron chi connectivity index (χ0n) is 20.0. The van der Waals surface area contributed by atoms with E-state index in [0.717, 1.165) is 22.3 Å². The first-order valence-electron chi connectivity index (χ1n) is 10.3. The van der Waals surface area contributed by atoms with Crippen LogP contribution in [0.5, 0.6) is 5.75 Å². The molecule has 0 aliphatic heterocycles. The third-order valence-corrected chi connectivity index (χ3v) is 3.78. The Hall–Kier alpha value is -2.28. The molecule has 170 valence electrons. The zero-order chi connectivity index (χ0) is 23.2. The van der Waals surface area contributed by atoms with Crippen LogP contribution in [-0.2, 0) is 20.7 Å². The molecule has 1 aromatic rings. The number of hydrogen-bond acceptors (Lipinski definition) is 5. The topological polar surface area (TPSA) is 73.9 Å². The van der Waals surface area contributed by atoms with Crippen LogP contribution < -0.4 is 10.1 Å². The number of rotatable bonds is 8. The van der Waals surface area contributed by atoms with Crippen LogP contribution in [0.4, 0.5) is 4.79 Å². The van der Waals surface area contributed by atoms with Gasteiger partial charge in [-0.15, -0.1) is 0 Å². The lowest BCUT2D eigenvalue weighted by atomic mass is 10.1. The van der Waals surface area contributed by atoms with E-state index in [-0.39, 0.29) is 6.42 Å². The van der Waals surface area contributed by atoms with E-state index >= 15 is 0 Å². The number of likely N-dealkylation sites (N-methyl/N-ethyl adjacent to an activating group) is 1. The molecule has 1 N–H and O–H groups in total. The molecule has 7 heteroatoms. The minimum atomic E-state index is -0.857. The summed E-state index contributed by atoms with van der Waals surface area (Å²) >= 11 is 0. The fourth-order valence-electron chi connectivity index (χ4n) is 2.41. The van der Waals surface area contributed by atoms with Crippen LogP contribution >= 0.6 is 0 Å². The number of nitrogens with one attached hydrogen (secondary N) is 1. The molecule has 7 nitrogen and oxygen atoms in total. The first-order chi connectivity index (χ1) is 13.5. The van der Waals surface area contributed by atoms with E-state index in [1.165, 1.54) is 0 Å². The van der Waals surface area contributed by atoms with E-state index in [4.69, 9.17) is 14.2 Å². The predicted molar refractivity (Wildman–Crippen MR) is 118 cm³/mol. The summed E-state index contributed by atoms with van der Waals surface area (Å²) in [4.78, 5) is 24.9. The van der Waals surface area contributed by atoms with Gasteiger partial charge in [0.25, 0.3) is 0 Å². The SMILES string of the molecule is CC(C)(C)OC(=O)N[C@@H](Cc1ccc(OCC[N+](C)(C)C)cc1)C(=O)OC(C)(C)C. The number of nitrogens with zero attached hydrogens (tertiary/aromatic N) is 1. The normalized spacial score (nSPS) is 13.4. The Balaban J connectivity index is 2.82. The zero-order valence-corrected chi connectivity index (χ0v) is 20.0. The van der Waals surface area contributed by atoms with Crippen LogP contribution in [0.2, 0.25) is 0 Å². The van der Waals surface area contributed by atoms with Gasteiger partial charge >= 0.3 is 12.1 Å². The molecule has 1 rings (SSSR count). The molecule has 0 aliphatic carbocycles. The quantitative estimate of drug-likeness (QED) is 0.511. The smallest absolute Gasteiger partial charge is 0.408 e. The Morgan fingerprint density at radius 2 is 1.47 bits per heavy atom. The van der Waals surface area contributed by atoms with Gasteiger partial charge in [-0.05, 0) is 59.2 Å². The molecule has 0 spiro atoms. The summed E-state index contributed by atoms with van der Waals surface area (Å²) in [5, 5.41) is 2.64. The molecule has 0 fully saturated rings. The van der Waals surface area contributed by atoms with Gasteiger partial charge in [-0.25, -0.2) is 9.59 Å². The minimum absolute atomic E-state index is 0.285. The maximum Gasteiger partial charge on any atom is 0.408 e. The number of ether oxygens (including phenoxy) is 3. The third-order valence-electron chi connectivity index (χ3n) is 3.78. The maximum atomic E-state index is 12.6. The molecular weight excluding hydrogens is 384 g/mol. The van der Waals surface area contributed by atoms with Crippen LogP contribution in [-0.4, -0.2) is 68.1 Å². The van der Waals surface area contributed by atoms with Crippen molar-refractivity contribution in [1.29, 1.82) is 0 Å². The van der Waals surface area contributed by atoms with Crippen LogP contribution in [0, 0.1) is 0 Å². The first-order valence-corrected chi connectivity index (χ1v) is 10.3. The van der Waals surface area contributed by atoms with Gasteiger partial charge in [0.2, 0.25) is 0 Å². The third kappa shape index (κ3) is 11.7. The molecule has 1 aromatic carbocycles. The van der Waals surface area contributed by atoms with E-state index < -0.39 is 29.3 Å². The second kappa shape index (κ2) is 10.2. The lowest BCUT2D eigenvalue weighted by molar-refractivity contribution is -0.870. The van der Waals surface area contributed by atoms with E-state index in [2.05, 4.69) is 26.5 Å². The van der Waals surface area contributed by atoms with Gasteiger partial charge < -0.3 is 24.0 Å². The van der Waals surface area contributed by atoms with E-state index in [1.807, 2.05) is 24.3 Å². The van der Waals surface area contributed by atoms with Gasteiger partial charge in [0.15, 0.2) is 0 Å². The highest BCUT2D eigenvalue weighted by molar-refractivity contribution is 5.82. The lowest BCUT2D eigenvalue weighted by Gasteiger charge is -2.26. The maximum absolute atomic E-state index is 12.6. The Morgan fingerprint density at radius 3 is 1.93 bits per heavy atom. The fourth-order valence-corrected chi connectivity index (χ4v) is 2.41. The van der Waals surface area contributed by atoms with Gasteiger partial charge in [-0.2, -0.15) is 0 Å². The summed E-state index contributed by atoms with van der Waals surface area (Å²) < 4.78 is 17.4. The van der Waals surface area contributed by atoms with Gasteiger partial charge in [-0.1, -0.05) is 12.1 Å². The molecular formula is C23H39N2O5+. The number of carbonyl (C=O) groups is 2. The van der Waals surface area contributed by atoms with Crippen molar-refractivity contribution in [3.05, 3.63) is 29.8 Å². The highest BCUT2D eigenvalue weighted by Crippen LogP contribution is 2.16. The summed E-state index contributed by atoms with van der Waals surface area (Å²) in [6.45, 7) is 12.2. The van der Waals surface area contributed by atoms with Crippen molar-refractivity contribution in [1.82, 2.24) is 5.32 Å². The number of alkyl carbamates (subject to hydrolysis) is 1. The van der Waals surface area contributed by atoms with Gasteiger partial charge in [-0.3, -0.25) is 0 Å². The highest BCUT2D eigenvalue weighted by atomic mass is 16.6.